The first-order valence-electron chi connectivity index (χ1n) is 6.86. The maximum absolute atomic E-state index is 3.37. The van der Waals surface area contributed by atoms with Gasteiger partial charge in [0.15, 0.2) is 0 Å². The van der Waals surface area contributed by atoms with Gasteiger partial charge in [-0.15, -0.1) is 0 Å². The number of hydrogen-bond donors (Lipinski definition) is 0. The number of allylic oxidation sites excluding steroid dienone is 4. The molecular formula is C14H29SeSi3. The van der Waals surface area contributed by atoms with Crippen LogP contribution in [0, 0.1) is 0 Å². The SMILES string of the molecule is C[Si](C)(C)C1=CC([Si](C)(C)C)([Si](C)(C)C)C=C1[Se]. The fourth-order valence-corrected chi connectivity index (χ4v) is 19.2. The Bertz CT molecular complexity index is 386. The molecule has 0 aliphatic heterocycles. The summed E-state index contributed by atoms with van der Waals surface area (Å²) in [6, 6.07) is 0. The molecular weight excluding hydrogens is 331 g/mol. The summed E-state index contributed by atoms with van der Waals surface area (Å²) in [5.41, 5.74) is 0. The van der Waals surface area contributed by atoms with E-state index in [1.807, 2.05) is 0 Å². The second kappa shape index (κ2) is 4.59. The molecule has 1 rings (SSSR count). The molecule has 0 saturated carbocycles. The van der Waals surface area contributed by atoms with E-state index in [4.69, 9.17) is 0 Å². The van der Waals surface area contributed by atoms with Crippen LogP contribution in [0.5, 0.6) is 0 Å². The quantitative estimate of drug-likeness (QED) is 0.634. The zero-order valence-corrected chi connectivity index (χ0v) is 18.3. The van der Waals surface area contributed by atoms with Crippen LogP contribution in [0.4, 0.5) is 0 Å². The molecule has 103 valence electrons. The summed E-state index contributed by atoms with van der Waals surface area (Å²) in [5, 5.41) is 1.67. The molecule has 1 radical (unpaired) electrons. The van der Waals surface area contributed by atoms with E-state index in [0.29, 0.717) is 4.66 Å². The van der Waals surface area contributed by atoms with Crippen molar-refractivity contribution < 1.29 is 0 Å². The molecule has 0 heterocycles. The van der Waals surface area contributed by atoms with E-state index >= 15 is 0 Å². The number of rotatable bonds is 3. The van der Waals surface area contributed by atoms with Crippen LogP contribution in [0.1, 0.15) is 0 Å². The summed E-state index contributed by atoms with van der Waals surface area (Å²) < 4.78 is 1.90. The molecule has 0 N–H and O–H groups in total. The van der Waals surface area contributed by atoms with Gasteiger partial charge in [-0.05, 0) is 0 Å². The summed E-state index contributed by atoms with van der Waals surface area (Å²) in [4.78, 5) is 0. The summed E-state index contributed by atoms with van der Waals surface area (Å²) in [6.07, 6.45) is 5.34. The van der Waals surface area contributed by atoms with Crippen molar-refractivity contribution >= 4 is 40.2 Å². The van der Waals surface area contributed by atoms with Crippen LogP contribution in [0.2, 0.25) is 63.6 Å². The minimum absolute atomic E-state index is 0.427. The molecule has 0 fully saturated rings. The van der Waals surface area contributed by atoms with Gasteiger partial charge in [0.1, 0.15) is 0 Å². The zero-order valence-electron chi connectivity index (χ0n) is 13.6. The van der Waals surface area contributed by atoms with Gasteiger partial charge in [0, 0.05) is 0 Å². The third-order valence-electron chi connectivity index (χ3n) is 4.29. The van der Waals surface area contributed by atoms with Crippen molar-refractivity contribution in [3.05, 3.63) is 21.8 Å². The predicted octanol–water partition coefficient (Wildman–Crippen LogP) is 4.81. The van der Waals surface area contributed by atoms with Crippen molar-refractivity contribution in [1.82, 2.24) is 0 Å². The summed E-state index contributed by atoms with van der Waals surface area (Å²) in [7, 11) is -3.75. The Kier molecular flexibility index (Phi) is 4.26. The summed E-state index contributed by atoms with van der Waals surface area (Å²) in [5.74, 6) is 0. The summed E-state index contributed by atoms with van der Waals surface area (Å²) in [6.45, 7) is 22.6. The Labute approximate surface area is 125 Å². The van der Waals surface area contributed by atoms with Gasteiger partial charge in [-0.25, -0.2) is 0 Å². The molecule has 0 saturated heterocycles. The molecule has 0 amide bonds. The van der Waals surface area contributed by atoms with Gasteiger partial charge in [0.25, 0.3) is 0 Å². The standard InChI is InChI=1S/C14H29SeSi3/c1-16(2,3)13-11-14(10-12(13)15,17(4,5)6)18(7,8)9/h10-11H,1-9H3. The molecule has 4 heteroatoms. The Morgan fingerprint density at radius 3 is 1.33 bits per heavy atom. The molecule has 18 heavy (non-hydrogen) atoms. The topological polar surface area (TPSA) is 0 Å². The van der Waals surface area contributed by atoms with Crippen molar-refractivity contribution in [3.8, 4) is 0 Å². The molecule has 0 aromatic heterocycles. The van der Waals surface area contributed by atoms with Crippen LogP contribution in [0.15, 0.2) is 21.8 Å². The average molecular weight is 361 g/mol. The van der Waals surface area contributed by atoms with Crippen molar-refractivity contribution in [2.24, 2.45) is 0 Å². The van der Waals surface area contributed by atoms with Crippen LogP contribution in [0.25, 0.3) is 0 Å². The monoisotopic (exact) mass is 361 g/mol. The second-order valence-electron chi connectivity index (χ2n) is 8.69. The van der Waals surface area contributed by atoms with Crippen LogP contribution in [0.3, 0.4) is 0 Å². The van der Waals surface area contributed by atoms with Gasteiger partial charge in [-0.3, -0.25) is 0 Å². The number of hydrogen-bond acceptors (Lipinski definition) is 0. The van der Waals surface area contributed by atoms with Crippen molar-refractivity contribution in [3.63, 3.8) is 0 Å². The molecule has 0 spiro atoms. The fourth-order valence-electron chi connectivity index (χ4n) is 3.20. The Morgan fingerprint density at radius 1 is 0.778 bits per heavy atom. The van der Waals surface area contributed by atoms with Gasteiger partial charge >= 0.3 is 126 Å². The van der Waals surface area contributed by atoms with Crippen LogP contribution >= 0.6 is 0 Å². The Morgan fingerprint density at radius 2 is 1.17 bits per heavy atom. The minimum atomic E-state index is -1.26. The predicted molar refractivity (Wildman–Crippen MR) is 94.7 cm³/mol. The molecule has 0 bridgehead atoms. The first kappa shape index (κ1) is 16.7. The van der Waals surface area contributed by atoms with Gasteiger partial charge in [0.05, 0.1) is 0 Å². The summed E-state index contributed by atoms with van der Waals surface area (Å²) >= 11 is 3.37. The third-order valence-corrected chi connectivity index (χ3v) is 17.5. The van der Waals surface area contributed by atoms with E-state index < -0.39 is 24.2 Å². The van der Waals surface area contributed by atoms with Gasteiger partial charge in [0.2, 0.25) is 0 Å². The third kappa shape index (κ3) is 2.73. The van der Waals surface area contributed by atoms with Gasteiger partial charge < -0.3 is 0 Å². The maximum atomic E-state index is 3.37. The van der Waals surface area contributed by atoms with Crippen molar-refractivity contribution in [1.29, 1.82) is 0 Å². The first-order valence-corrected chi connectivity index (χ1v) is 18.2. The first-order chi connectivity index (χ1) is 7.72. The van der Waals surface area contributed by atoms with E-state index in [0.717, 1.165) is 0 Å². The average Bonchev–Trinajstić information content (AvgIpc) is 2.40. The van der Waals surface area contributed by atoms with Crippen LogP contribution in [-0.2, 0) is 0 Å². The molecule has 0 aromatic carbocycles. The van der Waals surface area contributed by atoms with Gasteiger partial charge in [-0.1, -0.05) is 0 Å². The van der Waals surface area contributed by atoms with Crippen molar-refractivity contribution in [2.45, 2.75) is 63.6 Å². The molecule has 0 aromatic rings. The Hall–Kier alpha value is 0.650. The molecule has 0 nitrogen and oxygen atoms in total. The van der Waals surface area contributed by atoms with E-state index in [-0.39, 0.29) is 0 Å². The Balaban J connectivity index is 3.51. The van der Waals surface area contributed by atoms with E-state index in [2.05, 4.69) is 87.1 Å². The van der Waals surface area contributed by atoms with Gasteiger partial charge in [-0.2, -0.15) is 0 Å². The van der Waals surface area contributed by atoms with Crippen LogP contribution in [-0.4, -0.2) is 40.2 Å². The molecule has 0 unspecified atom stereocenters. The molecule has 1 aliphatic carbocycles. The van der Waals surface area contributed by atoms with Crippen LogP contribution < -0.4 is 0 Å². The molecule has 0 atom stereocenters. The molecule has 1 aliphatic rings. The van der Waals surface area contributed by atoms with E-state index in [1.165, 1.54) is 4.47 Å². The van der Waals surface area contributed by atoms with E-state index in [9.17, 15) is 0 Å². The zero-order chi connectivity index (χ0) is 14.6. The van der Waals surface area contributed by atoms with E-state index in [1.54, 1.807) is 5.20 Å². The normalized spacial score (nSPS) is 20.7. The second-order valence-corrected chi connectivity index (χ2v) is 25.8. The van der Waals surface area contributed by atoms with Crippen molar-refractivity contribution in [2.75, 3.05) is 0 Å². The fraction of sp³-hybridized carbons (Fsp3) is 0.714.